The third-order valence-corrected chi connectivity index (χ3v) is 7.57. The van der Waals surface area contributed by atoms with E-state index in [4.69, 9.17) is 9.47 Å². The van der Waals surface area contributed by atoms with Gasteiger partial charge in [-0.05, 0) is 61.7 Å². The summed E-state index contributed by atoms with van der Waals surface area (Å²) < 4.78 is 37.9. The van der Waals surface area contributed by atoms with Gasteiger partial charge < -0.3 is 19.9 Å². The maximum absolute atomic E-state index is 13.2. The summed E-state index contributed by atoms with van der Waals surface area (Å²) in [5.41, 5.74) is 1.56. The van der Waals surface area contributed by atoms with Crippen molar-refractivity contribution in [2.45, 2.75) is 36.2 Å². The van der Waals surface area contributed by atoms with Crippen LogP contribution in [0, 0.1) is 0 Å². The molecule has 1 aliphatic heterocycles. The number of sulfonamides is 1. The SMILES string of the molecule is C[C@@H](O)CNS(=O)(=O)c1ccc(-c2cccc(NC(=O)C3(c4ccc5c(c4)OCO5)CC3)n2)cc1.[HH].[HH].[HH].[HH]. The van der Waals surface area contributed by atoms with E-state index in [1.807, 2.05) is 18.2 Å². The number of fused-ring (bicyclic) bond motifs is 1. The first-order valence-electron chi connectivity index (χ1n) is 11.2. The van der Waals surface area contributed by atoms with Gasteiger partial charge in [-0.25, -0.2) is 18.1 Å². The molecule has 1 saturated carbocycles. The van der Waals surface area contributed by atoms with Crippen LogP contribution in [0.3, 0.4) is 0 Å². The molecule has 1 atom stereocenters. The number of hydrogen-bond acceptors (Lipinski definition) is 7. The number of amides is 1. The molecule has 3 N–H and O–H groups in total. The van der Waals surface area contributed by atoms with E-state index in [1.54, 1.807) is 30.3 Å². The van der Waals surface area contributed by atoms with Gasteiger partial charge >= 0.3 is 0 Å². The summed E-state index contributed by atoms with van der Waals surface area (Å²) in [5.74, 6) is 1.60. The summed E-state index contributed by atoms with van der Waals surface area (Å²) in [4.78, 5) is 17.8. The van der Waals surface area contributed by atoms with E-state index in [1.165, 1.54) is 19.1 Å². The second-order valence-electron chi connectivity index (χ2n) is 8.74. The zero-order valence-electron chi connectivity index (χ0n) is 19.0. The van der Waals surface area contributed by atoms with Gasteiger partial charge in [0.2, 0.25) is 22.7 Å². The van der Waals surface area contributed by atoms with Crippen molar-refractivity contribution in [2.24, 2.45) is 0 Å². The fourth-order valence-corrected chi connectivity index (χ4v) is 5.11. The summed E-state index contributed by atoms with van der Waals surface area (Å²) in [7, 11) is -3.72. The molecular weight excluding hydrogens is 470 g/mol. The van der Waals surface area contributed by atoms with Gasteiger partial charge in [-0.2, -0.15) is 0 Å². The van der Waals surface area contributed by atoms with Crippen LogP contribution in [0.15, 0.2) is 65.6 Å². The number of ether oxygens (including phenoxy) is 2. The smallest absolute Gasteiger partial charge is 0.240 e. The number of carbonyl (C=O) groups excluding carboxylic acids is 1. The Kier molecular flexibility index (Phi) is 5.96. The number of aliphatic hydroxyl groups excluding tert-OH is 1. The number of benzene rings is 2. The number of nitrogens with one attached hydrogen (secondary N) is 2. The Hall–Kier alpha value is -3.47. The monoisotopic (exact) mass is 503 g/mol. The van der Waals surface area contributed by atoms with Crippen molar-refractivity contribution >= 4 is 21.7 Å². The summed E-state index contributed by atoms with van der Waals surface area (Å²) in [6.45, 7) is 1.62. The summed E-state index contributed by atoms with van der Waals surface area (Å²) in [6.07, 6.45) is 0.681. The van der Waals surface area contributed by atoms with E-state index in [0.717, 1.165) is 18.4 Å². The molecule has 190 valence electrons. The Morgan fingerprint density at radius 1 is 1.11 bits per heavy atom. The number of carbonyl (C=O) groups is 1. The molecule has 0 saturated heterocycles. The van der Waals surface area contributed by atoms with Gasteiger partial charge in [0.15, 0.2) is 11.5 Å². The van der Waals surface area contributed by atoms with E-state index < -0.39 is 21.5 Å². The van der Waals surface area contributed by atoms with Crippen molar-refractivity contribution in [1.29, 1.82) is 0 Å². The van der Waals surface area contributed by atoms with Crippen LogP contribution >= 0.6 is 0 Å². The first kappa shape index (κ1) is 23.3. The van der Waals surface area contributed by atoms with Crippen LogP contribution in [-0.2, 0) is 20.2 Å². The zero-order chi connectivity index (χ0) is 24.6. The normalized spacial score (nSPS) is 16.5. The lowest BCUT2D eigenvalue weighted by Crippen LogP contribution is -2.30. The topological polar surface area (TPSA) is 127 Å². The third kappa shape index (κ3) is 4.72. The molecule has 3 aromatic rings. The number of hydrogen-bond donors (Lipinski definition) is 3. The fraction of sp³-hybridized carbons (Fsp3) is 0.280. The number of nitrogens with zero attached hydrogens (tertiary/aromatic N) is 1. The Balaban J connectivity index is 0.00000190. The molecule has 1 fully saturated rings. The highest BCUT2D eigenvalue weighted by Gasteiger charge is 2.51. The van der Waals surface area contributed by atoms with Crippen LogP contribution in [0.1, 0.15) is 31.0 Å². The lowest BCUT2D eigenvalue weighted by Gasteiger charge is -2.16. The number of rotatable bonds is 8. The molecule has 2 aliphatic rings. The summed E-state index contributed by atoms with van der Waals surface area (Å²) in [6, 6.07) is 17.1. The highest BCUT2D eigenvalue weighted by Crippen LogP contribution is 2.51. The van der Waals surface area contributed by atoms with Gasteiger partial charge in [0.05, 0.1) is 22.1 Å². The van der Waals surface area contributed by atoms with E-state index in [9.17, 15) is 18.3 Å². The van der Waals surface area contributed by atoms with Crippen LogP contribution < -0.4 is 19.5 Å². The van der Waals surface area contributed by atoms with Gasteiger partial charge in [0.25, 0.3) is 0 Å². The minimum absolute atomic E-state index is 0. The quantitative estimate of drug-likeness (QED) is 0.427. The Bertz CT molecular complexity index is 1390. The van der Waals surface area contributed by atoms with E-state index in [-0.39, 0.29) is 29.8 Å². The molecule has 0 radical (unpaired) electrons. The Morgan fingerprint density at radius 2 is 1.86 bits per heavy atom. The summed E-state index contributed by atoms with van der Waals surface area (Å²) in [5, 5.41) is 12.3. The van der Waals surface area contributed by atoms with Gasteiger partial charge in [0.1, 0.15) is 5.82 Å². The van der Waals surface area contributed by atoms with E-state index in [0.29, 0.717) is 28.6 Å². The molecule has 0 spiro atoms. The van der Waals surface area contributed by atoms with Crippen LogP contribution in [0.4, 0.5) is 5.82 Å². The maximum atomic E-state index is 13.2. The minimum Gasteiger partial charge on any atom is -0.454 e. The zero-order valence-corrected chi connectivity index (χ0v) is 19.8. The minimum atomic E-state index is -3.72. The number of aliphatic hydroxyl groups is 1. The Morgan fingerprint density at radius 3 is 2.57 bits per heavy atom. The highest BCUT2D eigenvalue weighted by molar-refractivity contribution is 7.89. The maximum Gasteiger partial charge on any atom is 0.240 e. The average molecular weight is 504 g/mol. The van der Waals surface area contributed by atoms with Gasteiger partial charge in [-0.15, -0.1) is 0 Å². The second kappa shape index (κ2) is 8.95. The van der Waals surface area contributed by atoms with Crippen molar-refractivity contribution in [1.82, 2.24) is 9.71 Å². The highest BCUT2D eigenvalue weighted by atomic mass is 32.2. The average Bonchev–Trinajstić information content (AvgIpc) is 3.54. The second-order valence-corrected chi connectivity index (χ2v) is 10.5. The predicted molar refractivity (Wildman–Crippen MR) is 137 cm³/mol. The molecule has 2 heterocycles. The molecule has 5 rings (SSSR count). The van der Waals surface area contributed by atoms with Crippen LogP contribution in [0.25, 0.3) is 11.3 Å². The lowest BCUT2D eigenvalue weighted by molar-refractivity contribution is -0.118. The van der Waals surface area contributed by atoms with Gasteiger partial charge in [-0.3, -0.25) is 4.79 Å². The van der Waals surface area contributed by atoms with Gasteiger partial charge in [0, 0.05) is 17.8 Å². The molecule has 10 heteroatoms. The Labute approximate surface area is 209 Å². The van der Waals surface area contributed by atoms with Crippen LogP contribution in [0.5, 0.6) is 11.5 Å². The molecule has 0 bridgehead atoms. The third-order valence-electron chi connectivity index (χ3n) is 6.13. The molecule has 35 heavy (non-hydrogen) atoms. The number of aromatic nitrogens is 1. The van der Waals surface area contributed by atoms with Gasteiger partial charge in [-0.1, -0.05) is 24.3 Å². The lowest BCUT2D eigenvalue weighted by atomic mass is 9.94. The largest absolute Gasteiger partial charge is 0.454 e. The number of pyridine rings is 1. The molecular formula is C25H33N3O6S. The molecule has 9 nitrogen and oxygen atoms in total. The number of anilines is 1. The molecule has 1 amide bonds. The fourth-order valence-electron chi connectivity index (χ4n) is 3.99. The molecule has 2 aromatic carbocycles. The van der Waals surface area contributed by atoms with Crippen molar-refractivity contribution in [2.75, 3.05) is 18.7 Å². The first-order chi connectivity index (χ1) is 16.8. The van der Waals surface area contributed by atoms with Crippen molar-refractivity contribution in [3.63, 3.8) is 0 Å². The van der Waals surface area contributed by atoms with Crippen LogP contribution in [-0.4, -0.2) is 43.9 Å². The van der Waals surface area contributed by atoms with Crippen molar-refractivity contribution in [3.05, 3.63) is 66.2 Å². The predicted octanol–water partition coefficient (Wildman–Crippen LogP) is 3.79. The first-order valence-corrected chi connectivity index (χ1v) is 12.7. The van der Waals surface area contributed by atoms with E-state index >= 15 is 0 Å². The molecule has 1 aliphatic carbocycles. The molecule has 1 aromatic heterocycles. The van der Waals surface area contributed by atoms with Crippen molar-refractivity contribution < 1.29 is 33.5 Å². The van der Waals surface area contributed by atoms with Crippen molar-refractivity contribution in [3.8, 4) is 22.8 Å². The van der Waals surface area contributed by atoms with Crippen LogP contribution in [0.2, 0.25) is 0 Å². The summed E-state index contributed by atoms with van der Waals surface area (Å²) >= 11 is 0. The molecule has 0 unspecified atom stereocenters. The standard InChI is InChI=1S/C25H25N3O6S.4H2/c1-16(29)14-26-35(31,32)19-8-5-17(6-9-19)20-3-2-4-23(27-20)28-24(30)25(11-12-25)18-7-10-21-22(13-18)34-15-33-21;;;;/h2-10,13,16,26,29H,11-12,14-15H2,1H3,(H,27,28,30);4*1H/t16-;;;;/m1..../s1. The van der Waals surface area contributed by atoms with E-state index in [2.05, 4.69) is 15.0 Å².